The molecule has 1 aromatic rings. The number of fused-ring (bicyclic) bond motifs is 1. The molecular formula is C25H27F3N2O3S. The molecule has 2 heterocycles. The quantitative estimate of drug-likeness (QED) is 0.344. The molecule has 182 valence electrons. The number of terminal acetylenes is 1. The van der Waals surface area contributed by atoms with E-state index in [-0.39, 0.29) is 12.0 Å². The minimum Gasteiger partial charge on any atom is -0.482 e. The predicted octanol–water partition coefficient (Wildman–Crippen LogP) is 5.25. The van der Waals surface area contributed by atoms with E-state index in [4.69, 9.17) is 16.3 Å². The summed E-state index contributed by atoms with van der Waals surface area (Å²) in [5, 5.41) is 12.0. The Hall–Kier alpha value is -2.99. The second-order valence-electron chi connectivity index (χ2n) is 7.89. The van der Waals surface area contributed by atoms with Crippen molar-refractivity contribution < 1.29 is 27.8 Å². The zero-order valence-corrected chi connectivity index (χ0v) is 19.6. The van der Waals surface area contributed by atoms with Gasteiger partial charge in [0.15, 0.2) is 6.61 Å². The number of hydrogen-bond donors (Lipinski definition) is 2. The standard InChI is InChI=1S/C25H27F3N2O3S/c1-3-6-18(7-5-12-25(26,27)28)24-29-20(4-2)22(34-24)11-14-30-13-10-17-8-9-19(15-21(17)30)33-16-23(31)32/h1,5-9,15,24,29H,4,10-14,16H2,2H3,(H,31,32)/b7-5-,18-6+. The van der Waals surface area contributed by atoms with Gasteiger partial charge in [-0.15, -0.1) is 6.42 Å². The number of carboxylic acids is 1. The summed E-state index contributed by atoms with van der Waals surface area (Å²) < 4.78 is 42.9. The minimum atomic E-state index is -4.25. The molecule has 0 aliphatic carbocycles. The first-order chi connectivity index (χ1) is 16.2. The van der Waals surface area contributed by atoms with Gasteiger partial charge in [0.1, 0.15) is 11.1 Å². The molecule has 2 aliphatic rings. The van der Waals surface area contributed by atoms with E-state index in [2.05, 4.69) is 16.1 Å². The number of ether oxygens (including phenoxy) is 1. The van der Waals surface area contributed by atoms with Crippen molar-refractivity contribution in [3.05, 3.63) is 58.2 Å². The average Bonchev–Trinajstić information content (AvgIpc) is 3.38. The first-order valence-electron chi connectivity index (χ1n) is 11.0. The molecule has 0 spiro atoms. The molecule has 0 amide bonds. The topological polar surface area (TPSA) is 61.8 Å². The van der Waals surface area contributed by atoms with E-state index in [9.17, 15) is 18.0 Å². The van der Waals surface area contributed by atoms with Gasteiger partial charge in [-0.2, -0.15) is 13.2 Å². The normalized spacial score (nSPS) is 18.3. The van der Waals surface area contributed by atoms with Gasteiger partial charge >= 0.3 is 12.1 Å². The average molecular weight is 493 g/mol. The molecule has 2 aliphatic heterocycles. The second kappa shape index (κ2) is 11.4. The van der Waals surface area contributed by atoms with E-state index in [1.54, 1.807) is 17.8 Å². The van der Waals surface area contributed by atoms with Crippen molar-refractivity contribution in [2.45, 2.75) is 44.2 Å². The number of carbonyl (C=O) groups is 1. The van der Waals surface area contributed by atoms with Crippen LogP contribution in [0.5, 0.6) is 5.75 Å². The van der Waals surface area contributed by atoms with Crippen LogP contribution in [0, 0.1) is 12.3 Å². The Balaban J connectivity index is 1.64. The number of anilines is 1. The zero-order chi connectivity index (χ0) is 24.7. The molecule has 0 aromatic heterocycles. The summed E-state index contributed by atoms with van der Waals surface area (Å²) in [4.78, 5) is 14.2. The molecule has 0 saturated carbocycles. The fourth-order valence-electron chi connectivity index (χ4n) is 3.91. The predicted molar refractivity (Wildman–Crippen MR) is 129 cm³/mol. The third kappa shape index (κ3) is 7.00. The molecular weight excluding hydrogens is 465 g/mol. The van der Waals surface area contributed by atoms with Crippen molar-refractivity contribution in [3.8, 4) is 18.1 Å². The molecule has 0 saturated heterocycles. The Morgan fingerprint density at radius 1 is 1.44 bits per heavy atom. The van der Waals surface area contributed by atoms with Crippen molar-refractivity contribution in [1.82, 2.24) is 5.32 Å². The Morgan fingerprint density at radius 3 is 2.91 bits per heavy atom. The van der Waals surface area contributed by atoms with Crippen molar-refractivity contribution in [2.24, 2.45) is 0 Å². The maximum Gasteiger partial charge on any atom is 0.392 e. The molecule has 5 nitrogen and oxygen atoms in total. The summed E-state index contributed by atoms with van der Waals surface area (Å²) in [6.07, 6.45) is 6.66. The number of allylic oxidation sites excluding steroid dienone is 3. The SMILES string of the molecule is C#C/C=C(\C=C/CC(F)(F)F)C1NC(CC)=C(CCN2CCc3ccc(OCC(=O)O)cc32)S1. The molecule has 1 aromatic carbocycles. The number of hydrogen-bond acceptors (Lipinski definition) is 5. The van der Waals surface area contributed by atoms with Gasteiger partial charge < -0.3 is 20.1 Å². The Labute approximate surface area is 201 Å². The number of aliphatic carboxylic acids is 1. The van der Waals surface area contributed by atoms with Crippen LogP contribution in [-0.2, 0) is 11.2 Å². The third-order valence-corrected chi connectivity index (χ3v) is 6.85. The van der Waals surface area contributed by atoms with E-state index in [0.717, 1.165) is 54.7 Å². The summed E-state index contributed by atoms with van der Waals surface area (Å²) in [5.41, 5.74) is 3.93. The Morgan fingerprint density at radius 2 is 2.24 bits per heavy atom. The van der Waals surface area contributed by atoms with Crippen LogP contribution in [0.3, 0.4) is 0 Å². The molecule has 0 fully saturated rings. The van der Waals surface area contributed by atoms with Gasteiger partial charge in [-0.3, -0.25) is 0 Å². The molecule has 34 heavy (non-hydrogen) atoms. The van der Waals surface area contributed by atoms with E-state index in [1.165, 1.54) is 17.7 Å². The number of benzene rings is 1. The van der Waals surface area contributed by atoms with Crippen LogP contribution in [0.1, 0.15) is 31.7 Å². The van der Waals surface area contributed by atoms with Gasteiger partial charge in [0.2, 0.25) is 0 Å². The fourth-order valence-corrected chi connectivity index (χ4v) is 5.23. The van der Waals surface area contributed by atoms with E-state index >= 15 is 0 Å². The first-order valence-corrected chi connectivity index (χ1v) is 11.8. The van der Waals surface area contributed by atoms with E-state index in [1.807, 2.05) is 19.1 Å². The summed E-state index contributed by atoms with van der Waals surface area (Å²) in [7, 11) is 0. The highest BCUT2D eigenvalue weighted by molar-refractivity contribution is 8.04. The molecule has 3 rings (SSSR count). The van der Waals surface area contributed by atoms with Crippen LogP contribution in [0.2, 0.25) is 0 Å². The lowest BCUT2D eigenvalue weighted by atomic mass is 10.1. The molecule has 0 bridgehead atoms. The Bertz CT molecular complexity index is 1040. The number of carboxylic acid groups (broad SMARTS) is 1. The number of rotatable bonds is 10. The maximum atomic E-state index is 12.5. The highest BCUT2D eigenvalue weighted by Gasteiger charge is 2.28. The van der Waals surface area contributed by atoms with Gasteiger partial charge in [-0.1, -0.05) is 42.8 Å². The maximum absolute atomic E-state index is 12.5. The van der Waals surface area contributed by atoms with Gasteiger partial charge in [0, 0.05) is 35.4 Å². The van der Waals surface area contributed by atoms with E-state index < -0.39 is 18.6 Å². The lowest BCUT2D eigenvalue weighted by Gasteiger charge is -2.20. The molecule has 9 heteroatoms. The zero-order valence-electron chi connectivity index (χ0n) is 18.8. The molecule has 1 atom stereocenters. The van der Waals surface area contributed by atoms with Gasteiger partial charge in [-0.25, -0.2) is 4.79 Å². The summed E-state index contributed by atoms with van der Waals surface area (Å²) >= 11 is 1.58. The molecule has 2 N–H and O–H groups in total. The monoisotopic (exact) mass is 492 g/mol. The largest absolute Gasteiger partial charge is 0.482 e. The molecule has 0 radical (unpaired) electrons. The van der Waals surface area contributed by atoms with Crippen molar-refractivity contribution in [2.75, 3.05) is 24.6 Å². The van der Waals surface area contributed by atoms with Crippen LogP contribution in [0.15, 0.2) is 52.6 Å². The number of halogens is 3. The van der Waals surface area contributed by atoms with Crippen LogP contribution >= 0.6 is 11.8 Å². The summed E-state index contributed by atoms with van der Waals surface area (Å²) in [6.45, 7) is 3.26. The highest BCUT2D eigenvalue weighted by atomic mass is 32.2. The van der Waals surface area contributed by atoms with Gasteiger partial charge in [0.05, 0.1) is 6.42 Å². The number of nitrogens with one attached hydrogen (secondary N) is 1. The number of alkyl halides is 3. The number of thioether (sulfide) groups is 1. The fraction of sp³-hybridized carbons (Fsp3) is 0.400. The summed E-state index contributed by atoms with van der Waals surface area (Å²) in [6, 6.07) is 5.63. The van der Waals surface area contributed by atoms with Crippen molar-refractivity contribution in [3.63, 3.8) is 0 Å². The van der Waals surface area contributed by atoms with E-state index in [0.29, 0.717) is 11.3 Å². The Kier molecular flexibility index (Phi) is 8.61. The van der Waals surface area contributed by atoms with Gasteiger partial charge in [0.25, 0.3) is 0 Å². The van der Waals surface area contributed by atoms with Crippen molar-refractivity contribution >= 4 is 23.4 Å². The lowest BCUT2D eigenvalue weighted by Crippen LogP contribution is -2.22. The second-order valence-corrected chi connectivity index (χ2v) is 9.09. The highest BCUT2D eigenvalue weighted by Crippen LogP contribution is 2.39. The van der Waals surface area contributed by atoms with Gasteiger partial charge in [-0.05, 0) is 42.5 Å². The molecule has 1 unspecified atom stereocenters. The first kappa shape index (κ1) is 25.6. The lowest BCUT2D eigenvalue weighted by molar-refractivity contribution is -0.139. The summed E-state index contributed by atoms with van der Waals surface area (Å²) in [5.74, 6) is 1.92. The van der Waals surface area contributed by atoms with Crippen LogP contribution in [0.4, 0.5) is 18.9 Å². The van der Waals surface area contributed by atoms with Crippen LogP contribution in [0.25, 0.3) is 0 Å². The smallest absolute Gasteiger partial charge is 0.392 e. The third-order valence-electron chi connectivity index (χ3n) is 5.49. The number of nitrogens with zero attached hydrogens (tertiary/aromatic N) is 1. The van der Waals surface area contributed by atoms with Crippen LogP contribution < -0.4 is 15.0 Å². The van der Waals surface area contributed by atoms with Crippen LogP contribution in [-0.4, -0.2) is 42.3 Å². The minimum absolute atomic E-state index is 0.229. The van der Waals surface area contributed by atoms with Crippen molar-refractivity contribution in [1.29, 1.82) is 0 Å².